The molecule has 1 amide bonds. The van der Waals surface area contributed by atoms with Gasteiger partial charge in [-0.1, -0.05) is 29.8 Å². The average Bonchev–Trinajstić information content (AvgIpc) is 2.80. The van der Waals surface area contributed by atoms with E-state index in [0.29, 0.717) is 47.7 Å². The molecule has 0 radical (unpaired) electrons. The maximum Gasteiger partial charge on any atom is 0.271 e. The minimum absolute atomic E-state index is 0.311. The Labute approximate surface area is 212 Å². The van der Waals surface area contributed by atoms with Crippen LogP contribution in [0.25, 0.3) is 0 Å². The van der Waals surface area contributed by atoms with Crippen LogP contribution in [-0.2, 0) is 6.61 Å². The first-order chi connectivity index (χ1) is 16.0. The van der Waals surface area contributed by atoms with E-state index in [2.05, 4.69) is 33.1 Å². The van der Waals surface area contributed by atoms with Crippen LogP contribution < -0.4 is 19.6 Å². The monoisotopic (exact) mass is 578 g/mol. The molecule has 0 bridgehead atoms. The van der Waals surface area contributed by atoms with Crippen LogP contribution in [0.2, 0.25) is 5.02 Å². The molecule has 0 unspecified atom stereocenters. The topological polar surface area (TPSA) is 69.2 Å². The van der Waals surface area contributed by atoms with Gasteiger partial charge in [-0.15, -0.1) is 0 Å². The lowest BCUT2D eigenvalue weighted by Crippen LogP contribution is -2.17. The molecule has 8 heteroatoms. The molecule has 6 nitrogen and oxygen atoms in total. The summed E-state index contributed by atoms with van der Waals surface area (Å²) in [5.41, 5.74) is 4.68. The smallest absolute Gasteiger partial charge is 0.271 e. The van der Waals surface area contributed by atoms with E-state index < -0.39 is 0 Å². The van der Waals surface area contributed by atoms with Gasteiger partial charge in [0.15, 0.2) is 11.5 Å². The van der Waals surface area contributed by atoms with Gasteiger partial charge in [0.1, 0.15) is 12.4 Å². The van der Waals surface area contributed by atoms with Crippen LogP contribution in [0.4, 0.5) is 0 Å². The molecule has 0 fully saturated rings. The number of hydrogen-bond donors (Lipinski definition) is 1. The van der Waals surface area contributed by atoms with Crippen molar-refractivity contribution in [1.82, 2.24) is 5.43 Å². The molecule has 33 heavy (non-hydrogen) atoms. The van der Waals surface area contributed by atoms with Crippen molar-refractivity contribution >= 4 is 46.3 Å². The number of nitrogens with one attached hydrogen (secondary N) is 1. The van der Waals surface area contributed by atoms with Gasteiger partial charge in [-0.3, -0.25) is 4.79 Å². The van der Waals surface area contributed by atoms with Gasteiger partial charge in [0.2, 0.25) is 0 Å². The van der Waals surface area contributed by atoms with E-state index in [9.17, 15) is 4.79 Å². The number of benzene rings is 3. The number of ether oxygens (including phenoxy) is 3. The SMILES string of the molecule is CCOc1ccc(C(=O)N/N=C/c2cc(I)c(OCc3ccccc3Cl)c(OCC)c2)cc1. The van der Waals surface area contributed by atoms with Crippen molar-refractivity contribution in [3.63, 3.8) is 0 Å². The van der Waals surface area contributed by atoms with E-state index in [1.807, 2.05) is 50.2 Å². The largest absolute Gasteiger partial charge is 0.494 e. The Hall–Kier alpha value is -2.78. The number of carbonyl (C=O) groups is 1. The molecule has 0 aliphatic heterocycles. The van der Waals surface area contributed by atoms with E-state index in [1.165, 1.54) is 0 Å². The highest BCUT2D eigenvalue weighted by Crippen LogP contribution is 2.35. The lowest BCUT2D eigenvalue weighted by Gasteiger charge is -2.15. The fraction of sp³-hybridized carbons (Fsp3) is 0.200. The lowest BCUT2D eigenvalue weighted by molar-refractivity contribution is 0.0955. The molecule has 3 rings (SSSR count). The second-order valence-corrected chi connectivity index (χ2v) is 8.37. The molecule has 0 saturated heterocycles. The Morgan fingerprint density at radius 3 is 2.45 bits per heavy atom. The van der Waals surface area contributed by atoms with Crippen LogP contribution in [0.1, 0.15) is 35.3 Å². The Balaban J connectivity index is 1.69. The number of hydrogen-bond acceptors (Lipinski definition) is 5. The zero-order valence-corrected chi connectivity index (χ0v) is 21.2. The summed E-state index contributed by atoms with van der Waals surface area (Å²) in [7, 11) is 0. The van der Waals surface area contributed by atoms with Crippen LogP contribution >= 0.6 is 34.2 Å². The molecular weight excluding hydrogens is 555 g/mol. The second kappa shape index (κ2) is 12.5. The van der Waals surface area contributed by atoms with Crippen LogP contribution in [0.5, 0.6) is 17.2 Å². The van der Waals surface area contributed by atoms with E-state index in [0.717, 1.165) is 14.7 Å². The van der Waals surface area contributed by atoms with Crippen molar-refractivity contribution in [2.45, 2.75) is 20.5 Å². The Morgan fingerprint density at radius 1 is 1.03 bits per heavy atom. The molecule has 0 aromatic heterocycles. The van der Waals surface area contributed by atoms with Gasteiger partial charge in [0, 0.05) is 16.1 Å². The van der Waals surface area contributed by atoms with Gasteiger partial charge in [-0.05, 0) is 84.5 Å². The predicted molar refractivity (Wildman–Crippen MR) is 139 cm³/mol. The summed E-state index contributed by atoms with van der Waals surface area (Å²) in [6, 6.07) is 18.1. The number of carbonyl (C=O) groups excluding carboxylic acids is 1. The van der Waals surface area contributed by atoms with Crippen molar-refractivity contribution in [1.29, 1.82) is 0 Å². The van der Waals surface area contributed by atoms with Gasteiger partial charge in [0.25, 0.3) is 5.91 Å². The number of rotatable bonds is 10. The summed E-state index contributed by atoms with van der Waals surface area (Å²) >= 11 is 8.42. The molecule has 3 aromatic rings. The molecular formula is C25H24ClIN2O4. The third kappa shape index (κ3) is 7.10. The van der Waals surface area contributed by atoms with Gasteiger partial charge < -0.3 is 14.2 Å². The molecule has 0 heterocycles. The van der Waals surface area contributed by atoms with Gasteiger partial charge >= 0.3 is 0 Å². The number of amides is 1. The number of nitrogens with zero attached hydrogens (tertiary/aromatic N) is 1. The highest BCUT2D eigenvalue weighted by molar-refractivity contribution is 14.1. The molecule has 0 atom stereocenters. The highest BCUT2D eigenvalue weighted by Gasteiger charge is 2.13. The average molecular weight is 579 g/mol. The second-order valence-electron chi connectivity index (χ2n) is 6.80. The molecule has 3 aromatic carbocycles. The summed E-state index contributed by atoms with van der Waals surface area (Å²) in [5, 5.41) is 4.73. The van der Waals surface area contributed by atoms with Crippen LogP contribution in [-0.4, -0.2) is 25.3 Å². The van der Waals surface area contributed by atoms with Crippen LogP contribution in [0.3, 0.4) is 0 Å². The maximum absolute atomic E-state index is 12.3. The molecule has 0 saturated carbocycles. The Morgan fingerprint density at radius 2 is 1.76 bits per heavy atom. The maximum atomic E-state index is 12.3. The summed E-state index contributed by atoms with van der Waals surface area (Å²) in [5.74, 6) is 1.63. The fourth-order valence-corrected chi connectivity index (χ4v) is 3.90. The van der Waals surface area contributed by atoms with E-state index in [1.54, 1.807) is 30.5 Å². The number of halogens is 2. The van der Waals surface area contributed by atoms with Gasteiger partial charge in [0.05, 0.1) is 23.0 Å². The van der Waals surface area contributed by atoms with Crippen LogP contribution in [0, 0.1) is 3.57 Å². The van der Waals surface area contributed by atoms with Gasteiger partial charge in [-0.2, -0.15) is 5.10 Å². The minimum atomic E-state index is -0.311. The first kappa shape index (κ1) is 24.9. The van der Waals surface area contributed by atoms with Crippen molar-refractivity contribution < 1.29 is 19.0 Å². The third-order valence-electron chi connectivity index (χ3n) is 4.47. The summed E-state index contributed by atoms with van der Waals surface area (Å²) in [6.07, 6.45) is 1.56. The zero-order valence-electron chi connectivity index (χ0n) is 18.3. The number of hydrazone groups is 1. The summed E-state index contributed by atoms with van der Waals surface area (Å²) in [6.45, 7) is 5.19. The minimum Gasteiger partial charge on any atom is -0.494 e. The molecule has 0 aliphatic carbocycles. The van der Waals surface area contributed by atoms with Crippen molar-refractivity contribution in [3.8, 4) is 17.2 Å². The molecule has 172 valence electrons. The molecule has 0 spiro atoms. The molecule has 0 aliphatic rings. The fourth-order valence-electron chi connectivity index (χ4n) is 2.93. The van der Waals surface area contributed by atoms with E-state index in [4.69, 9.17) is 25.8 Å². The zero-order chi connectivity index (χ0) is 23.6. The van der Waals surface area contributed by atoms with Gasteiger partial charge in [-0.25, -0.2) is 5.43 Å². The standard InChI is InChI=1S/C25H24ClIN2O4/c1-3-31-20-11-9-18(10-12-20)25(30)29-28-15-17-13-22(27)24(23(14-17)32-4-2)33-16-19-7-5-6-8-21(19)26/h5-15H,3-4,16H2,1-2H3,(H,29,30)/b28-15+. The Bertz CT molecular complexity index is 1120. The first-order valence-electron chi connectivity index (χ1n) is 10.4. The highest BCUT2D eigenvalue weighted by atomic mass is 127. The summed E-state index contributed by atoms with van der Waals surface area (Å²) < 4.78 is 18.1. The van der Waals surface area contributed by atoms with Crippen molar-refractivity contribution in [2.75, 3.05) is 13.2 Å². The quantitative estimate of drug-likeness (QED) is 0.180. The first-order valence-corrected chi connectivity index (χ1v) is 11.9. The van der Waals surface area contributed by atoms with Crippen LogP contribution in [0.15, 0.2) is 65.8 Å². The van der Waals surface area contributed by atoms with E-state index >= 15 is 0 Å². The third-order valence-corrected chi connectivity index (χ3v) is 5.64. The van der Waals surface area contributed by atoms with Crippen molar-refractivity contribution in [3.05, 3.63) is 85.9 Å². The Kier molecular flexibility index (Phi) is 9.38. The lowest BCUT2D eigenvalue weighted by atomic mass is 10.2. The predicted octanol–water partition coefficient (Wildman–Crippen LogP) is 6.08. The van der Waals surface area contributed by atoms with Crippen molar-refractivity contribution in [2.24, 2.45) is 5.10 Å². The summed E-state index contributed by atoms with van der Waals surface area (Å²) in [4.78, 5) is 12.3. The molecule has 1 N–H and O–H groups in total. The normalized spacial score (nSPS) is 10.8. The van der Waals surface area contributed by atoms with E-state index in [-0.39, 0.29) is 5.91 Å².